The Labute approximate surface area is 110 Å². The summed E-state index contributed by atoms with van der Waals surface area (Å²) in [7, 11) is 0. The standard InChI is InChI=1S/C13H6F3N3O/c14-8-3-7(4-9(15)13(8)16)12-5-10(19-20-12)11-6-17-1-2-18-11/h1-6H. The zero-order valence-corrected chi connectivity index (χ0v) is 9.85. The third-order valence-electron chi connectivity index (χ3n) is 2.60. The van der Waals surface area contributed by atoms with Gasteiger partial charge in [0.15, 0.2) is 23.2 Å². The average molecular weight is 277 g/mol. The van der Waals surface area contributed by atoms with Gasteiger partial charge in [0.1, 0.15) is 11.4 Å². The molecule has 0 saturated carbocycles. The van der Waals surface area contributed by atoms with E-state index in [2.05, 4.69) is 15.1 Å². The quantitative estimate of drug-likeness (QED) is 0.675. The van der Waals surface area contributed by atoms with Crippen LogP contribution in [0.5, 0.6) is 0 Å². The van der Waals surface area contributed by atoms with Crippen LogP contribution in [0, 0.1) is 17.5 Å². The summed E-state index contributed by atoms with van der Waals surface area (Å²) < 4.78 is 44.2. The van der Waals surface area contributed by atoms with Crippen LogP contribution >= 0.6 is 0 Å². The monoisotopic (exact) mass is 277 g/mol. The first-order valence-corrected chi connectivity index (χ1v) is 5.53. The first kappa shape index (κ1) is 12.3. The van der Waals surface area contributed by atoms with Gasteiger partial charge < -0.3 is 4.52 Å². The highest BCUT2D eigenvalue weighted by molar-refractivity contribution is 5.64. The SMILES string of the molecule is Fc1cc(-c2cc(-c3cnccn3)no2)cc(F)c1F. The highest BCUT2D eigenvalue weighted by Crippen LogP contribution is 2.27. The second kappa shape index (κ2) is 4.76. The molecule has 1 aromatic carbocycles. The predicted octanol–water partition coefficient (Wildman–Crippen LogP) is 3.22. The molecule has 0 saturated heterocycles. The van der Waals surface area contributed by atoms with Crippen molar-refractivity contribution in [2.45, 2.75) is 0 Å². The van der Waals surface area contributed by atoms with E-state index in [1.807, 2.05) is 0 Å². The van der Waals surface area contributed by atoms with Gasteiger partial charge in [-0.2, -0.15) is 0 Å². The summed E-state index contributed by atoms with van der Waals surface area (Å²) in [4.78, 5) is 7.88. The van der Waals surface area contributed by atoms with Gasteiger partial charge in [0.2, 0.25) is 0 Å². The van der Waals surface area contributed by atoms with Crippen molar-refractivity contribution in [1.29, 1.82) is 0 Å². The Kier molecular flexibility index (Phi) is 2.94. The molecular formula is C13H6F3N3O. The summed E-state index contributed by atoms with van der Waals surface area (Å²) in [5, 5.41) is 3.73. The number of hydrogen-bond donors (Lipinski definition) is 0. The minimum absolute atomic E-state index is 0.0454. The van der Waals surface area contributed by atoms with Crippen LogP contribution in [-0.2, 0) is 0 Å². The summed E-state index contributed by atoms with van der Waals surface area (Å²) in [6.45, 7) is 0. The summed E-state index contributed by atoms with van der Waals surface area (Å²) in [5.41, 5.74) is 0.854. The Balaban J connectivity index is 2.03. The van der Waals surface area contributed by atoms with Crippen molar-refractivity contribution in [2.24, 2.45) is 0 Å². The molecule has 0 aliphatic rings. The van der Waals surface area contributed by atoms with E-state index in [-0.39, 0.29) is 11.3 Å². The highest BCUT2D eigenvalue weighted by atomic mass is 19.2. The number of benzene rings is 1. The Morgan fingerprint density at radius 3 is 2.30 bits per heavy atom. The summed E-state index contributed by atoms with van der Waals surface area (Å²) >= 11 is 0. The molecule has 20 heavy (non-hydrogen) atoms. The minimum atomic E-state index is -1.53. The van der Waals surface area contributed by atoms with Crippen molar-refractivity contribution in [2.75, 3.05) is 0 Å². The van der Waals surface area contributed by atoms with E-state index in [0.717, 1.165) is 12.1 Å². The first-order chi connectivity index (χ1) is 9.65. The predicted molar refractivity (Wildman–Crippen MR) is 62.8 cm³/mol. The molecule has 0 fully saturated rings. The van der Waals surface area contributed by atoms with E-state index < -0.39 is 17.5 Å². The van der Waals surface area contributed by atoms with Crippen molar-refractivity contribution in [3.63, 3.8) is 0 Å². The fourth-order valence-electron chi connectivity index (χ4n) is 1.66. The van der Waals surface area contributed by atoms with Crippen LogP contribution in [0.1, 0.15) is 0 Å². The lowest BCUT2D eigenvalue weighted by Crippen LogP contribution is -1.91. The highest BCUT2D eigenvalue weighted by Gasteiger charge is 2.15. The molecule has 4 nitrogen and oxygen atoms in total. The second-order valence-electron chi connectivity index (χ2n) is 3.92. The first-order valence-electron chi connectivity index (χ1n) is 5.53. The van der Waals surface area contributed by atoms with Gasteiger partial charge in [0.05, 0.1) is 6.20 Å². The van der Waals surface area contributed by atoms with Gasteiger partial charge in [0.25, 0.3) is 0 Å². The van der Waals surface area contributed by atoms with Crippen molar-refractivity contribution >= 4 is 0 Å². The minimum Gasteiger partial charge on any atom is -0.356 e. The number of rotatable bonds is 2. The molecule has 0 N–H and O–H groups in total. The summed E-state index contributed by atoms with van der Waals surface area (Å²) in [6, 6.07) is 3.11. The normalized spacial score (nSPS) is 10.8. The lowest BCUT2D eigenvalue weighted by molar-refractivity contribution is 0.429. The maximum Gasteiger partial charge on any atom is 0.194 e. The fourth-order valence-corrected chi connectivity index (χ4v) is 1.66. The molecule has 3 aromatic rings. The fraction of sp³-hybridized carbons (Fsp3) is 0. The second-order valence-corrected chi connectivity index (χ2v) is 3.92. The van der Waals surface area contributed by atoms with E-state index in [0.29, 0.717) is 11.4 Å². The Bertz CT molecular complexity index is 736. The lowest BCUT2D eigenvalue weighted by Gasteiger charge is -1.98. The molecule has 2 heterocycles. The number of nitrogens with zero attached hydrogens (tertiary/aromatic N) is 3. The number of halogens is 3. The molecule has 0 bridgehead atoms. The van der Waals surface area contributed by atoms with E-state index in [1.54, 1.807) is 0 Å². The van der Waals surface area contributed by atoms with Crippen molar-refractivity contribution < 1.29 is 17.7 Å². The molecule has 0 spiro atoms. The van der Waals surface area contributed by atoms with Crippen LogP contribution < -0.4 is 0 Å². The maximum absolute atomic E-state index is 13.2. The van der Waals surface area contributed by atoms with E-state index >= 15 is 0 Å². The largest absolute Gasteiger partial charge is 0.356 e. The molecule has 2 aromatic heterocycles. The molecule has 0 unspecified atom stereocenters. The van der Waals surface area contributed by atoms with Crippen LogP contribution in [0.2, 0.25) is 0 Å². The van der Waals surface area contributed by atoms with Crippen molar-refractivity contribution in [3.8, 4) is 22.7 Å². The van der Waals surface area contributed by atoms with Crippen LogP contribution in [0.15, 0.2) is 41.3 Å². The van der Waals surface area contributed by atoms with Gasteiger partial charge in [-0.1, -0.05) is 5.16 Å². The van der Waals surface area contributed by atoms with Gasteiger partial charge in [-0.3, -0.25) is 9.97 Å². The van der Waals surface area contributed by atoms with Gasteiger partial charge in [-0.25, -0.2) is 13.2 Å². The van der Waals surface area contributed by atoms with E-state index in [1.165, 1.54) is 24.7 Å². The molecule has 0 aliphatic carbocycles. The third-order valence-corrected chi connectivity index (χ3v) is 2.60. The summed E-state index contributed by atoms with van der Waals surface area (Å²) in [6.07, 6.45) is 4.43. The van der Waals surface area contributed by atoms with Crippen LogP contribution in [0.3, 0.4) is 0 Å². The molecule has 0 atom stereocenters. The Morgan fingerprint density at radius 1 is 0.900 bits per heavy atom. The molecule has 0 amide bonds. The maximum atomic E-state index is 13.2. The molecule has 0 aliphatic heterocycles. The van der Waals surface area contributed by atoms with E-state index in [9.17, 15) is 13.2 Å². The smallest absolute Gasteiger partial charge is 0.194 e. The zero-order valence-electron chi connectivity index (χ0n) is 9.85. The van der Waals surface area contributed by atoms with Gasteiger partial charge in [-0.15, -0.1) is 0 Å². The number of aromatic nitrogens is 3. The number of hydrogen-bond acceptors (Lipinski definition) is 4. The lowest BCUT2D eigenvalue weighted by atomic mass is 10.1. The van der Waals surface area contributed by atoms with Crippen LogP contribution in [0.25, 0.3) is 22.7 Å². The molecule has 100 valence electrons. The van der Waals surface area contributed by atoms with Crippen molar-refractivity contribution in [3.05, 3.63) is 54.2 Å². The van der Waals surface area contributed by atoms with Gasteiger partial charge >= 0.3 is 0 Å². The van der Waals surface area contributed by atoms with Crippen LogP contribution in [-0.4, -0.2) is 15.1 Å². The Hall–Kier alpha value is -2.70. The average Bonchev–Trinajstić information content (AvgIpc) is 2.95. The van der Waals surface area contributed by atoms with Gasteiger partial charge in [-0.05, 0) is 12.1 Å². The topological polar surface area (TPSA) is 51.8 Å². The summed E-state index contributed by atoms with van der Waals surface area (Å²) in [5.74, 6) is -4.01. The molecular weight excluding hydrogens is 271 g/mol. The Morgan fingerprint density at radius 2 is 1.65 bits per heavy atom. The third kappa shape index (κ3) is 2.13. The zero-order chi connectivity index (χ0) is 14.1. The molecule has 3 rings (SSSR count). The van der Waals surface area contributed by atoms with E-state index in [4.69, 9.17) is 4.52 Å². The van der Waals surface area contributed by atoms with Gasteiger partial charge in [0, 0.05) is 24.0 Å². The van der Waals surface area contributed by atoms with Crippen molar-refractivity contribution in [1.82, 2.24) is 15.1 Å². The molecule has 7 heteroatoms. The van der Waals surface area contributed by atoms with Crippen LogP contribution in [0.4, 0.5) is 13.2 Å². The molecule has 0 radical (unpaired) electrons.